The highest BCUT2D eigenvalue weighted by Crippen LogP contribution is 2.44. The van der Waals surface area contributed by atoms with Gasteiger partial charge < -0.3 is 16.0 Å². The highest BCUT2D eigenvalue weighted by atomic mass is 79.9. The predicted octanol–water partition coefficient (Wildman–Crippen LogP) is 6.68. The first kappa shape index (κ1) is 26.6. The highest BCUT2D eigenvalue weighted by Gasteiger charge is 2.34. The van der Waals surface area contributed by atoms with E-state index in [0.29, 0.717) is 23.0 Å². The van der Waals surface area contributed by atoms with E-state index in [2.05, 4.69) is 64.8 Å². The normalized spacial score (nSPS) is 15.3. The van der Waals surface area contributed by atoms with Gasteiger partial charge in [-0.05, 0) is 79.0 Å². The number of anilines is 2. The Morgan fingerprint density at radius 1 is 1.03 bits per heavy atom. The average molecular weight is 569 g/mol. The van der Waals surface area contributed by atoms with E-state index in [4.69, 9.17) is 0 Å². The Labute approximate surface area is 226 Å². The standard InChI is InChI=1S/C29H34BrN3O2S/c1-29(2,3)20-9-14-23-24(17-20)36-28(26(23)27(35)32-22-12-10-21(30)11-13-22)33-25(34)18-31-16-15-19-7-5-4-6-8-19/h4-8,10-13,20,31H,9,14-18H2,1-3H3,(H,32,35)(H,33,34)/t20-/m1/s1. The molecule has 0 saturated heterocycles. The third-order valence-electron chi connectivity index (χ3n) is 6.79. The van der Waals surface area contributed by atoms with Crippen molar-refractivity contribution in [3.05, 3.63) is 80.6 Å². The van der Waals surface area contributed by atoms with Crippen molar-refractivity contribution in [1.29, 1.82) is 0 Å². The first-order valence-electron chi connectivity index (χ1n) is 12.5. The first-order chi connectivity index (χ1) is 17.2. The fourth-order valence-corrected chi connectivity index (χ4v) is 6.24. The quantitative estimate of drug-likeness (QED) is 0.266. The predicted molar refractivity (Wildman–Crippen MR) is 153 cm³/mol. The molecule has 3 N–H and O–H groups in total. The second-order valence-corrected chi connectivity index (χ2v) is 12.5. The Bertz CT molecular complexity index is 1200. The van der Waals surface area contributed by atoms with E-state index in [9.17, 15) is 9.59 Å². The van der Waals surface area contributed by atoms with Crippen molar-refractivity contribution in [2.24, 2.45) is 11.3 Å². The molecule has 1 atom stereocenters. The summed E-state index contributed by atoms with van der Waals surface area (Å²) in [5, 5.41) is 9.95. The molecule has 0 unspecified atom stereocenters. The van der Waals surface area contributed by atoms with Gasteiger partial charge in [0.1, 0.15) is 5.00 Å². The molecule has 36 heavy (non-hydrogen) atoms. The molecular weight excluding hydrogens is 534 g/mol. The zero-order chi connectivity index (χ0) is 25.7. The van der Waals surface area contributed by atoms with Crippen LogP contribution in [0.3, 0.4) is 0 Å². The molecule has 0 saturated carbocycles. The Morgan fingerprint density at radius 2 is 1.75 bits per heavy atom. The fraction of sp³-hybridized carbons (Fsp3) is 0.379. The fourth-order valence-electron chi connectivity index (χ4n) is 4.63. The maximum Gasteiger partial charge on any atom is 0.258 e. The average Bonchev–Trinajstić information content (AvgIpc) is 3.20. The lowest BCUT2D eigenvalue weighted by atomic mass is 9.72. The van der Waals surface area contributed by atoms with Crippen molar-refractivity contribution in [3.8, 4) is 0 Å². The Balaban J connectivity index is 1.48. The minimum atomic E-state index is -0.170. The van der Waals surface area contributed by atoms with Crippen LogP contribution in [0.2, 0.25) is 0 Å². The maximum absolute atomic E-state index is 13.4. The van der Waals surface area contributed by atoms with Gasteiger partial charge in [0.2, 0.25) is 5.91 Å². The maximum atomic E-state index is 13.4. The molecule has 1 aliphatic carbocycles. The van der Waals surface area contributed by atoms with E-state index in [0.717, 1.165) is 41.4 Å². The van der Waals surface area contributed by atoms with E-state index in [1.165, 1.54) is 10.4 Å². The summed E-state index contributed by atoms with van der Waals surface area (Å²) in [4.78, 5) is 27.5. The van der Waals surface area contributed by atoms with Crippen LogP contribution in [-0.2, 0) is 24.1 Å². The van der Waals surface area contributed by atoms with Gasteiger partial charge in [-0.15, -0.1) is 11.3 Å². The second kappa shape index (κ2) is 11.7. The van der Waals surface area contributed by atoms with Crippen molar-refractivity contribution in [2.75, 3.05) is 23.7 Å². The molecular formula is C29H34BrN3O2S. The van der Waals surface area contributed by atoms with Gasteiger partial charge in [-0.25, -0.2) is 0 Å². The topological polar surface area (TPSA) is 70.2 Å². The van der Waals surface area contributed by atoms with Crippen LogP contribution in [0, 0.1) is 11.3 Å². The van der Waals surface area contributed by atoms with Gasteiger partial charge in [-0.2, -0.15) is 0 Å². The Kier molecular flexibility index (Phi) is 8.65. The summed E-state index contributed by atoms with van der Waals surface area (Å²) in [5.74, 6) is 0.248. The molecule has 7 heteroatoms. The van der Waals surface area contributed by atoms with E-state index in [-0.39, 0.29) is 23.8 Å². The molecule has 0 bridgehead atoms. The zero-order valence-corrected chi connectivity index (χ0v) is 23.5. The number of halogens is 1. The van der Waals surface area contributed by atoms with Crippen molar-refractivity contribution in [1.82, 2.24) is 5.32 Å². The second-order valence-electron chi connectivity index (χ2n) is 10.4. The largest absolute Gasteiger partial charge is 0.322 e. The summed E-state index contributed by atoms with van der Waals surface area (Å²) in [6.07, 6.45) is 3.69. The molecule has 2 aromatic carbocycles. The van der Waals surface area contributed by atoms with Crippen molar-refractivity contribution in [3.63, 3.8) is 0 Å². The van der Waals surface area contributed by atoms with Crippen LogP contribution in [0.1, 0.15) is 53.6 Å². The van der Waals surface area contributed by atoms with Crippen molar-refractivity contribution in [2.45, 2.75) is 46.5 Å². The summed E-state index contributed by atoms with van der Waals surface area (Å²) in [5.41, 5.74) is 3.86. The molecule has 0 spiro atoms. The lowest BCUT2D eigenvalue weighted by molar-refractivity contribution is -0.115. The number of hydrogen-bond acceptors (Lipinski definition) is 4. The molecule has 4 rings (SSSR count). The third kappa shape index (κ3) is 6.84. The summed E-state index contributed by atoms with van der Waals surface area (Å²) in [7, 11) is 0. The smallest absolute Gasteiger partial charge is 0.258 e. The number of fused-ring (bicyclic) bond motifs is 1. The highest BCUT2D eigenvalue weighted by molar-refractivity contribution is 9.10. The molecule has 1 aromatic heterocycles. The monoisotopic (exact) mass is 567 g/mol. The third-order valence-corrected chi connectivity index (χ3v) is 8.49. The van der Waals surface area contributed by atoms with E-state index in [1.54, 1.807) is 11.3 Å². The number of carbonyl (C=O) groups excluding carboxylic acids is 2. The molecule has 2 amide bonds. The number of nitrogens with one attached hydrogen (secondary N) is 3. The minimum absolute atomic E-state index is 0.133. The SMILES string of the molecule is CC(C)(C)[C@@H]1CCc2c(sc(NC(=O)CNCCc3ccccc3)c2C(=O)Nc2ccc(Br)cc2)C1. The lowest BCUT2D eigenvalue weighted by Crippen LogP contribution is -2.30. The number of rotatable bonds is 8. The van der Waals surface area contributed by atoms with Crippen LogP contribution in [0.15, 0.2) is 59.1 Å². The van der Waals surface area contributed by atoms with E-state index < -0.39 is 0 Å². The molecule has 5 nitrogen and oxygen atoms in total. The van der Waals surface area contributed by atoms with Crippen LogP contribution < -0.4 is 16.0 Å². The van der Waals surface area contributed by atoms with Crippen molar-refractivity contribution < 1.29 is 9.59 Å². The van der Waals surface area contributed by atoms with Gasteiger partial charge in [0.15, 0.2) is 0 Å². The van der Waals surface area contributed by atoms with Gasteiger partial charge in [-0.1, -0.05) is 67.0 Å². The molecule has 1 aliphatic rings. The van der Waals surface area contributed by atoms with E-state index >= 15 is 0 Å². The van der Waals surface area contributed by atoms with Gasteiger partial charge in [0.05, 0.1) is 12.1 Å². The summed E-state index contributed by atoms with van der Waals surface area (Å²) in [6, 6.07) is 17.7. The van der Waals surface area contributed by atoms with Gasteiger partial charge in [0, 0.05) is 15.0 Å². The molecule has 0 radical (unpaired) electrons. The van der Waals surface area contributed by atoms with Crippen LogP contribution in [0.25, 0.3) is 0 Å². The number of amides is 2. The number of hydrogen-bond donors (Lipinski definition) is 3. The van der Waals surface area contributed by atoms with Crippen LogP contribution in [-0.4, -0.2) is 24.9 Å². The van der Waals surface area contributed by atoms with Crippen LogP contribution in [0.5, 0.6) is 0 Å². The first-order valence-corrected chi connectivity index (χ1v) is 14.1. The van der Waals surface area contributed by atoms with Crippen molar-refractivity contribution >= 4 is 49.8 Å². The van der Waals surface area contributed by atoms with Gasteiger partial charge in [-0.3, -0.25) is 9.59 Å². The molecule has 1 heterocycles. The summed E-state index contributed by atoms with van der Waals surface area (Å²) < 4.78 is 0.953. The Hall–Kier alpha value is -2.48. The molecule has 3 aromatic rings. The number of benzene rings is 2. The van der Waals surface area contributed by atoms with Gasteiger partial charge >= 0.3 is 0 Å². The lowest BCUT2D eigenvalue weighted by Gasteiger charge is -2.33. The van der Waals surface area contributed by atoms with Crippen LogP contribution >= 0.6 is 27.3 Å². The van der Waals surface area contributed by atoms with Crippen LogP contribution in [0.4, 0.5) is 10.7 Å². The minimum Gasteiger partial charge on any atom is -0.322 e. The summed E-state index contributed by atoms with van der Waals surface area (Å²) >= 11 is 4.99. The van der Waals surface area contributed by atoms with Gasteiger partial charge in [0.25, 0.3) is 5.91 Å². The zero-order valence-electron chi connectivity index (χ0n) is 21.1. The Morgan fingerprint density at radius 3 is 2.44 bits per heavy atom. The molecule has 0 fully saturated rings. The number of carbonyl (C=O) groups is 2. The van der Waals surface area contributed by atoms with E-state index in [1.807, 2.05) is 42.5 Å². The number of thiophene rings is 1. The summed E-state index contributed by atoms with van der Waals surface area (Å²) in [6.45, 7) is 7.75. The molecule has 190 valence electrons. The molecule has 0 aliphatic heterocycles.